The van der Waals surface area contributed by atoms with Crippen molar-refractivity contribution in [1.29, 1.82) is 0 Å². The number of carbonyl (C=O) groups is 1. The highest BCUT2D eigenvalue weighted by molar-refractivity contribution is 8.13. The van der Waals surface area contributed by atoms with E-state index in [1.807, 2.05) is 66.7 Å². The summed E-state index contributed by atoms with van der Waals surface area (Å²) in [6.45, 7) is 1.28. The molecule has 0 spiro atoms. The van der Waals surface area contributed by atoms with Gasteiger partial charge in [-0.1, -0.05) is 71.9 Å². The molecule has 1 aliphatic rings. The van der Waals surface area contributed by atoms with Gasteiger partial charge in [0.2, 0.25) is 0 Å². The average Bonchev–Trinajstić information content (AvgIpc) is 3.15. The van der Waals surface area contributed by atoms with Crippen LogP contribution < -0.4 is 0 Å². The zero-order valence-corrected chi connectivity index (χ0v) is 15.6. The fourth-order valence-electron chi connectivity index (χ4n) is 3.02. The Kier molecular flexibility index (Phi) is 4.96. The van der Waals surface area contributed by atoms with Gasteiger partial charge in [-0.05, 0) is 34.5 Å². The third-order valence-corrected chi connectivity index (χ3v) is 5.69. The predicted octanol–water partition coefficient (Wildman–Crippen LogP) is 5.24. The molecule has 0 saturated carbocycles. The highest BCUT2D eigenvalue weighted by Crippen LogP contribution is 2.25. The van der Waals surface area contributed by atoms with Crippen molar-refractivity contribution in [3.8, 4) is 0 Å². The minimum Gasteiger partial charge on any atom is -0.286 e. The lowest BCUT2D eigenvalue weighted by Crippen LogP contribution is -2.33. The molecule has 4 rings (SSSR count). The van der Waals surface area contributed by atoms with E-state index < -0.39 is 0 Å². The molecule has 0 unspecified atom stereocenters. The Morgan fingerprint density at radius 3 is 2.65 bits per heavy atom. The van der Waals surface area contributed by atoms with Gasteiger partial charge in [0.25, 0.3) is 5.91 Å². The number of amidine groups is 1. The number of carbonyl (C=O) groups excluding carboxylic acids is 1. The lowest BCUT2D eigenvalue weighted by atomic mass is 10.0. The number of aliphatic imine (C=N–C) groups is 1. The molecule has 3 aromatic carbocycles. The smallest absolute Gasteiger partial charge is 0.260 e. The summed E-state index contributed by atoms with van der Waals surface area (Å²) in [5.41, 5.74) is 1.89. The molecule has 5 heteroatoms. The molecule has 130 valence electrons. The summed E-state index contributed by atoms with van der Waals surface area (Å²) in [5.74, 6) is 0.775. The topological polar surface area (TPSA) is 32.7 Å². The first kappa shape index (κ1) is 17.1. The first-order valence-electron chi connectivity index (χ1n) is 8.44. The average molecular weight is 381 g/mol. The quantitative estimate of drug-likeness (QED) is 0.622. The first-order chi connectivity index (χ1) is 12.7. The molecule has 0 aromatic heterocycles. The standard InChI is InChI=1S/C21H17ClN2OS/c22-17-10-8-15(9-11-17)14-26-21-23-12-13-24(21)20(25)19-7-3-5-16-4-1-2-6-18(16)19/h1-11H,12-14H2. The van der Waals surface area contributed by atoms with Gasteiger partial charge in [0.05, 0.1) is 6.54 Å². The normalized spacial score (nSPS) is 13.9. The Hall–Kier alpha value is -2.30. The largest absolute Gasteiger partial charge is 0.286 e. The van der Waals surface area contributed by atoms with Crippen LogP contribution in [0.15, 0.2) is 71.7 Å². The van der Waals surface area contributed by atoms with E-state index in [4.69, 9.17) is 11.6 Å². The Morgan fingerprint density at radius 2 is 1.81 bits per heavy atom. The van der Waals surface area contributed by atoms with Crippen molar-refractivity contribution in [2.24, 2.45) is 4.99 Å². The lowest BCUT2D eigenvalue weighted by Gasteiger charge is -2.19. The number of amides is 1. The molecule has 0 radical (unpaired) electrons. The second kappa shape index (κ2) is 7.52. The van der Waals surface area contributed by atoms with Crippen LogP contribution in [0.5, 0.6) is 0 Å². The second-order valence-electron chi connectivity index (χ2n) is 6.06. The van der Waals surface area contributed by atoms with Crippen LogP contribution in [0.1, 0.15) is 15.9 Å². The maximum atomic E-state index is 13.1. The molecule has 1 amide bonds. The van der Waals surface area contributed by atoms with Crippen molar-refractivity contribution in [3.05, 3.63) is 82.9 Å². The van der Waals surface area contributed by atoms with Gasteiger partial charge < -0.3 is 0 Å². The summed E-state index contributed by atoms with van der Waals surface area (Å²) in [5, 5.41) is 3.57. The summed E-state index contributed by atoms with van der Waals surface area (Å²) >= 11 is 7.53. The highest BCUT2D eigenvalue weighted by atomic mass is 35.5. The Labute approximate surface area is 161 Å². The zero-order valence-electron chi connectivity index (χ0n) is 14.1. The van der Waals surface area contributed by atoms with Crippen LogP contribution in [0.25, 0.3) is 10.8 Å². The number of fused-ring (bicyclic) bond motifs is 1. The van der Waals surface area contributed by atoms with Crippen LogP contribution in [0.2, 0.25) is 5.02 Å². The van der Waals surface area contributed by atoms with Gasteiger partial charge in [-0.25, -0.2) is 0 Å². The van der Waals surface area contributed by atoms with E-state index >= 15 is 0 Å². The molecule has 0 saturated heterocycles. The van der Waals surface area contributed by atoms with Crippen molar-refractivity contribution in [1.82, 2.24) is 4.90 Å². The van der Waals surface area contributed by atoms with Gasteiger partial charge in [-0.3, -0.25) is 14.7 Å². The van der Waals surface area contributed by atoms with Crippen LogP contribution in [0.4, 0.5) is 0 Å². The Morgan fingerprint density at radius 1 is 1.04 bits per heavy atom. The van der Waals surface area contributed by atoms with Gasteiger partial charge in [0.15, 0.2) is 5.17 Å². The van der Waals surface area contributed by atoms with Crippen molar-refractivity contribution in [3.63, 3.8) is 0 Å². The Balaban J connectivity index is 1.53. The molecular weight excluding hydrogens is 364 g/mol. The SMILES string of the molecule is O=C(c1cccc2ccccc12)N1CCN=C1SCc1ccc(Cl)cc1. The second-order valence-corrected chi connectivity index (χ2v) is 7.44. The molecule has 1 heterocycles. The van der Waals surface area contributed by atoms with E-state index in [0.717, 1.165) is 37.8 Å². The van der Waals surface area contributed by atoms with Crippen LogP contribution in [-0.2, 0) is 5.75 Å². The van der Waals surface area contributed by atoms with E-state index in [1.54, 1.807) is 16.7 Å². The number of benzene rings is 3. The van der Waals surface area contributed by atoms with E-state index in [9.17, 15) is 4.79 Å². The molecular formula is C21H17ClN2OS. The van der Waals surface area contributed by atoms with E-state index in [-0.39, 0.29) is 5.91 Å². The molecule has 3 nitrogen and oxygen atoms in total. The van der Waals surface area contributed by atoms with Crippen LogP contribution in [-0.4, -0.2) is 29.1 Å². The Bertz CT molecular complexity index is 979. The monoisotopic (exact) mass is 380 g/mol. The fourth-order valence-corrected chi connectivity index (χ4v) is 4.15. The third kappa shape index (κ3) is 3.48. The van der Waals surface area contributed by atoms with Crippen LogP contribution >= 0.6 is 23.4 Å². The highest BCUT2D eigenvalue weighted by Gasteiger charge is 2.26. The van der Waals surface area contributed by atoms with Gasteiger partial charge in [-0.2, -0.15) is 0 Å². The molecule has 3 aromatic rings. The number of thioether (sulfide) groups is 1. The predicted molar refractivity (Wildman–Crippen MR) is 110 cm³/mol. The summed E-state index contributed by atoms with van der Waals surface area (Å²) < 4.78 is 0. The molecule has 0 aliphatic carbocycles. The maximum Gasteiger partial charge on any atom is 0.260 e. The molecule has 0 atom stereocenters. The number of nitrogens with zero attached hydrogens (tertiary/aromatic N) is 2. The van der Waals surface area contributed by atoms with E-state index in [0.29, 0.717) is 13.1 Å². The van der Waals surface area contributed by atoms with E-state index in [2.05, 4.69) is 4.99 Å². The summed E-state index contributed by atoms with van der Waals surface area (Å²) in [6.07, 6.45) is 0. The number of hydrogen-bond donors (Lipinski definition) is 0. The third-order valence-electron chi connectivity index (χ3n) is 4.35. The zero-order chi connectivity index (χ0) is 17.9. The molecule has 0 bridgehead atoms. The number of halogens is 1. The van der Waals surface area contributed by atoms with Crippen molar-refractivity contribution >= 4 is 45.2 Å². The number of hydrogen-bond acceptors (Lipinski definition) is 3. The van der Waals surface area contributed by atoms with Crippen LogP contribution in [0.3, 0.4) is 0 Å². The minimum absolute atomic E-state index is 0.0154. The van der Waals surface area contributed by atoms with Crippen molar-refractivity contribution < 1.29 is 4.79 Å². The van der Waals surface area contributed by atoms with Gasteiger partial charge in [0.1, 0.15) is 0 Å². The van der Waals surface area contributed by atoms with E-state index in [1.165, 1.54) is 0 Å². The van der Waals surface area contributed by atoms with Crippen LogP contribution in [0, 0.1) is 0 Å². The molecule has 26 heavy (non-hydrogen) atoms. The summed E-state index contributed by atoms with van der Waals surface area (Å²) in [7, 11) is 0. The van der Waals surface area contributed by atoms with Gasteiger partial charge >= 0.3 is 0 Å². The summed E-state index contributed by atoms with van der Waals surface area (Å²) in [4.78, 5) is 19.5. The number of rotatable bonds is 3. The molecule has 0 N–H and O–H groups in total. The summed E-state index contributed by atoms with van der Waals surface area (Å²) in [6, 6.07) is 21.6. The lowest BCUT2D eigenvalue weighted by molar-refractivity contribution is 0.0862. The molecule has 0 fully saturated rings. The van der Waals surface area contributed by atoms with Crippen molar-refractivity contribution in [2.45, 2.75) is 5.75 Å². The van der Waals surface area contributed by atoms with Gasteiger partial charge in [-0.15, -0.1) is 0 Å². The van der Waals surface area contributed by atoms with Crippen molar-refractivity contribution in [2.75, 3.05) is 13.1 Å². The minimum atomic E-state index is 0.0154. The molecule has 1 aliphatic heterocycles. The fraction of sp³-hybridized carbons (Fsp3) is 0.143. The first-order valence-corrected chi connectivity index (χ1v) is 9.80. The maximum absolute atomic E-state index is 13.1. The van der Waals surface area contributed by atoms with Gasteiger partial charge in [0, 0.05) is 22.9 Å².